The van der Waals surface area contributed by atoms with E-state index in [2.05, 4.69) is 25.5 Å². The SMILES string of the molecule is CC(=O)c1ccc(-c2cccc3[nH]c(-c4n[nH]c5ccc(-c6cncc(NC(=O)CC(C)(C)C)c6)nc45)nc23)s1. The first kappa shape index (κ1) is 25.6. The molecule has 40 heavy (non-hydrogen) atoms. The average Bonchev–Trinajstić information content (AvgIpc) is 3.65. The van der Waals surface area contributed by atoms with Crippen LogP contribution in [0.15, 0.2) is 60.9 Å². The van der Waals surface area contributed by atoms with Crippen LogP contribution in [0.5, 0.6) is 0 Å². The summed E-state index contributed by atoms with van der Waals surface area (Å²) in [6, 6.07) is 15.4. The molecule has 0 saturated carbocycles. The Balaban J connectivity index is 1.36. The molecule has 0 atom stereocenters. The molecule has 10 heteroatoms. The number of benzene rings is 1. The van der Waals surface area contributed by atoms with Gasteiger partial charge >= 0.3 is 0 Å². The van der Waals surface area contributed by atoms with Gasteiger partial charge in [0.15, 0.2) is 17.3 Å². The highest BCUT2D eigenvalue weighted by molar-refractivity contribution is 7.17. The summed E-state index contributed by atoms with van der Waals surface area (Å²) < 4.78 is 0. The van der Waals surface area contributed by atoms with Crippen LogP contribution in [0.1, 0.15) is 43.8 Å². The van der Waals surface area contributed by atoms with Gasteiger partial charge in [0.2, 0.25) is 5.91 Å². The molecule has 5 aromatic heterocycles. The van der Waals surface area contributed by atoms with Crippen LogP contribution in [-0.4, -0.2) is 41.8 Å². The van der Waals surface area contributed by atoms with E-state index in [9.17, 15) is 9.59 Å². The maximum atomic E-state index is 12.4. The summed E-state index contributed by atoms with van der Waals surface area (Å²) in [5.74, 6) is 0.573. The largest absolute Gasteiger partial charge is 0.336 e. The quantitative estimate of drug-likeness (QED) is 0.194. The second-order valence-corrected chi connectivity index (χ2v) is 12.0. The predicted octanol–water partition coefficient (Wildman–Crippen LogP) is 6.87. The maximum absolute atomic E-state index is 12.4. The summed E-state index contributed by atoms with van der Waals surface area (Å²) >= 11 is 1.46. The zero-order chi connectivity index (χ0) is 28.0. The smallest absolute Gasteiger partial charge is 0.224 e. The Kier molecular flexibility index (Phi) is 6.26. The predicted molar refractivity (Wildman–Crippen MR) is 158 cm³/mol. The molecule has 6 aromatic rings. The zero-order valence-corrected chi connectivity index (χ0v) is 23.3. The number of nitrogens with one attached hydrogen (secondary N) is 3. The number of amides is 1. The highest BCUT2D eigenvalue weighted by atomic mass is 32.1. The van der Waals surface area contributed by atoms with E-state index in [4.69, 9.17) is 9.97 Å². The molecule has 5 heterocycles. The van der Waals surface area contributed by atoms with Crippen molar-refractivity contribution in [2.75, 3.05) is 5.32 Å². The van der Waals surface area contributed by atoms with Gasteiger partial charge in [-0.2, -0.15) is 5.10 Å². The number of aromatic amines is 2. The van der Waals surface area contributed by atoms with Gasteiger partial charge in [-0.1, -0.05) is 32.9 Å². The number of aromatic nitrogens is 6. The molecule has 0 bridgehead atoms. The lowest BCUT2D eigenvalue weighted by atomic mass is 9.92. The number of pyridine rings is 2. The maximum Gasteiger partial charge on any atom is 0.224 e. The van der Waals surface area contributed by atoms with E-state index in [0.717, 1.165) is 32.6 Å². The number of carbonyl (C=O) groups excluding carboxylic acids is 2. The van der Waals surface area contributed by atoms with Crippen LogP contribution in [0.4, 0.5) is 5.69 Å². The first-order valence-corrected chi connectivity index (χ1v) is 13.7. The lowest BCUT2D eigenvalue weighted by Gasteiger charge is -2.17. The van der Waals surface area contributed by atoms with E-state index in [1.54, 1.807) is 19.3 Å². The van der Waals surface area contributed by atoms with Crippen molar-refractivity contribution in [3.63, 3.8) is 0 Å². The van der Waals surface area contributed by atoms with Crippen molar-refractivity contribution in [3.8, 4) is 33.2 Å². The van der Waals surface area contributed by atoms with Crippen molar-refractivity contribution in [2.45, 2.75) is 34.1 Å². The molecule has 0 saturated heterocycles. The first-order chi connectivity index (χ1) is 19.1. The minimum absolute atomic E-state index is 0.0454. The fourth-order valence-electron chi connectivity index (χ4n) is 4.58. The van der Waals surface area contributed by atoms with Crippen molar-refractivity contribution in [1.82, 2.24) is 30.1 Å². The van der Waals surface area contributed by atoms with E-state index in [1.165, 1.54) is 11.3 Å². The van der Waals surface area contributed by atoms with Crippen LogP contribution < -0.4 is 5.32 Å². The highest BCUT2D eigenvalue weighted by Crippen LogP contribution is 2.35. The molecule has 0 fully saturated rings. The van der Waals surface area contributed by atoms with Gasteiger partial charge in [-0.05, 0) is 48.7 Å². The molecule has 0 aliphatic carbocycles. The van der Waals surface area contributed by atoms with Crippen LogP contribution in [0.25, 0.3) is 55.3 Å². The summed E-state index contributed by atoms with van der Waals surface area (Å²) in [5, 5.41) is 10.5. The lowest BCUT2D eigenvalue weighted by Crippen LogP contribution is -2.19. The zero-order valence-electron chi connectivity index (χ0n) is 22.5. The minimum Gasteiger partial charge on any atom is -0.336 e. The number of nitrogens with zero attached hydrogens (tertiary/aromatic N) is 4. The molecule has 0 radical (unpaired) electrons. The third kappa shape index (κ3) is 5.01. The Labute approximate surface area is 234 Å². The van der Waals surface area contributed by atoms with Gasteiger partial charge in [0, 0.05) is 28.6 Å². The van der Waals surface area contributed by atoms with E-state index in [0.29, 0.717) is 39.7 Å². The van der Waals surface area contributed by atoms with Crippen molar-refractivity contribution in [1.29, 1.82) is 0 Å². The monoisotopic (exact) mass is 549 g/mol. The summed E-state index contributed by atoms with van der Waals surface area (Å²) in [6.07, 6.45) is 3.76. The highest BCUT2D eigenvalue weighted by Gasteiger charge is 2.19. The Morgan fingerprint density at radius 3 is 2.60 bits per heavy atom. The number of hydrogen-bond acceptors (Lipinski definition) is 7. The van der Waals surface area contributed by atoms with Gasteiger partial charge in [0.1, 0.15) is 5.52 Å². The van der Waals surface area contributed by atoms with Gasteiger partial charge < -0.3 is 10.3 Å². The van der Waals surface area contributed by atoms with Gasteiger partial charge in [-0.15, -0.1) is 11.3 Å². The van der Waals surface area contributed by atoms with E-state index in [1.807, 2.05) is 69.3 Å². The number of para-hydroxylation sites is 1. The first-order valence-electron chi connectivity index (χ1n) is 12.9. The van der Waals surface area contributed by atoms with Crippen LogP contribution in [-0.2, 0) is 4.79 Å². The Morgan fingerprint density at radius 1 is 0.975 bits per heavy atom. The third-order valence-electron chi connectivity index (χ3n) is 6.37. The molecule has 9 nitrogen and oxygen atoms in total. The van der Waals surface area contributed by atoms with Crippen LogP contribution in [0, 0.1) is 5.41 Å². The number of anilines is 1. The van der Waals surface area contributed by atoms with Crippen LogP contribution in [0.2, 0.25) is 0 Å². The van der Waals surface area contributed by atoms with Crippen LogP contribution >= 0.6 is 11.3 Å². The van der Waals surface area contributed by atoms with Crippen LogP contribution in [0.3, 0.4) is 0 Å². The number of fused-ring (bicyclic) bond motifs is 2. The molecule has 0 spiro atoms. The molecular weight excluding hydrogens is 522 g/mol. The lowest BCUT2D eigenvalue weighted by molar-refractivity contribution is -0.117. The van der Waals surface area contributed by atoms with Crippen molar-refractivity contribution in [2.24, 2.45) is 5.41 Å². The number of ketones is 1. The molecule has 0 aliphatic heterocycles. The second kappa shape index (κ2) is 9.80. The number of thiophene rings is 1. The van der Waals surface area contributed by atoms with Gasteiger partial charge in [-0.25, -0.2) is 9.97 Å². The minimum atomic E-state index is -0.113. The molecule has 200 valence electrons. The summed E-state index contributed by atoms with van der Waals surface area (Å²) in [5.41, 5.74) is 6.60. The van der Waals surface area contributed by atoms with Crippen molar-refractivity contribution >= 4 is 50.8 Å². The standard InChI is InChI=1S/C30H27N7O2S/c1-16(38)23-10-11-24(40-23)19-6-5-7-21-26(19)35-29(34-21)28-27-22(36-37-28)9-8-20(33-27)17-12-18(15-31-14-17)32-25(39)13-30(2,3)4/h5-12,14-15H,13H2,1-4H3,(H,32,39)(H,34,35)(H,36,37). The number of H-pyrrole nitrogens is 2. The molecule has 0 aliphatic rings. The van der Waals surface area contributed by atoms with E-state index < -0.39 is 0 Å². The molecule has 6 rings (SSSR count). The fraction of sp³-hybridized carbons (Fsp3) is 0.200. The summed E-state index contributed by atoms with van der Waals surface area (Å²) in [7, 11) is 0. The number of rotatable bonds is 6. The molecule has 0 unspecified atom stereocenters. The molecule has 1 amide bonds. The molecule has 1 aromatic carbocycles. The number of imidazole rings is 1. The van der Waals surface area contributed by atoms with Crippen molar-refractivity contribution in [3.05, 3.63) is 65.8 Å². The van der Waals surface area contributed by atoms with Gasteiger partial charge in [0.25, 0.3) is 0 Å². The van der Waals surface area contributed by atoms with E-state index >= 15 is 0 Å². The van der Waals surface area contributed by atoms with E-state index in [-0.39, 0.29) is 17.1 Å². The van der Waals surface area contributed by atoms with Gasteiger partial charge in [0.05, 0.1) is 39.0 Å². The number of hydrogen-bond donors (Lipinski definition) is 3. The topological polar surface area (TPSA) is 129 Å². The summed E-state index contributed by atoms with van der Waals surface area (Å²) in [4.78, 5) is 43.5. The Hall–Kier alpha value is -4.70. The molecular formula is C30H27N7O2S. The second-order valence-electron chi connectivity index (χ2n) is 10.9. The van der Waals surface area contributed by atoms with Crippen molar-refractivity contribution < 1.29 is 9.59 Å². The van der Waals surface area contributed by atoms with Gasteiger partial charge in [-0.3, -0.25) is 19.7 Å². The average molecular weight is 550 g/mol. The third-order valence-corrected chi connectivity index (χ3v) is 7.59. The number of carbonyl (C=O) groups is 2. The normalized spacial score (nSPS) is 11.8. The fourth-order valence-corrected chi connectivity index (χ4v) is 5.50. The Morgan fingerprint density at radius 2 is 1.82 bits per heavy atom. The Bertz CT molecular complexity index is 1910. The molecule has 3 N–H and O–H groups in total. The number of Topliss-reactive ketones (excluding diaryl/α,β-unsaturated/α-hetero) is 1. The summed E-state index contributed by atoms with van der Waals surface area (Å²) in [6.45, 7) is 7.65.